The Balaban J connectivity index is 1.37. The van der Waals surface area contributed by atoms with Crippen LogP contribution in [0.5, 0.6) is 0 Å². The minimum atomic E-state index is -0.795. The van der Waals surface area contributed by atoms with E-state index in [-0.39, 0.29) is 29.2 Å². The lowest BCUT2D eigenvalue weighted by Gasteiger charge is -2.56. The lowest BCUT2D eigenvalue weighted by atomic mass is 9.50. The van der Waals surface area contributed by atoms with E-state index >= 15 is 0 Å². The Kier molecular flexibility index (Phi) is 4.47. The number of hydrogen-bond acceptors (Lipinski definition) is 4. The van der Waals surface area contributed by atoms with Crippen molar-refractivity contribution < 1.29 is 19.4 Å². The molecule has 0 spiro atoms. The van der Waals surface area contributed by atoms with E-state index in [0.29, 0.717) is 30.2 Å². The highest BCUT2D eigenvalue weighted by Crippen LogP contribution is 2.63. The fraction of sp³-hybridized carbons (Fsp3) is 0.600. The van der Waals surface area contributed by atoms with Gasteiger partial charge in [-0.3, -0.25) is 4.79 Å². The predicted octanol–water partition coefficient (Wildman–Crippen LogP) is 4.47. The van der Waals surface area contributed by atoms with E-state index in [1.165, 1.54) is 0 Å². The van der Waals surface area contributed by atoms with Crippen molar-refractivity contribution in [1.82, 2.24) is 0 Å². The summed E-state index contributed by atoms with van der Waals surface area (Å²) in [6.07, 6.45) is 8.44. The summed E-state index contributed by atoms with van der Waals surface area (Å²) in [5.74, 6) is 1.09. The fourth-order valence-corrected chi connectivity index (χ4v) is 7.10. The molecule has 4 nitrogen and oxygen atoms in total. The first kappa shape index (κ1) is 19.0. The standard InChI is InChI=1S/C25H30O4/c1-24-13-12-21-19(8-7-17-15-18(26)11-14-25(17,21)28)20(24)9-10-22(24)29-23(27)16-5-3-2-4-6-16/h2-6,15,19-22,28H,7-14H2,1H3/t19-,20-,21-,22-,24-,25+/m0/s1. The number of esters is 1. The van der Waals surface area contributed by atoms with Crippen LogP contribution in [0.25, 0.3) is 0 Å². The van der Waals surface area contributed by atoms with Gasteiger partial charge >= 0.3 is 5.97 Å². The van der Waals surface area contributed by atoms with Crippen LogP contribution in [0.1, 0.15) is 68.6 Å². The molecule has 4 aliphatic rings. The summed E-state index contributed by atoms with van der Waals surface area (Å²) in [5.41, 5.74) is 0.774. The van der Waals surface area contributed by atoms with E-state index in [2.05, 4.69) is 6.92 Å². The molecule has 6 atom stereocenters. The molecule has 0 bridgehead atoms. The Morgan fingerprint density at radius 3 is 2.62 bits per heavy atom. The lowest BCUT2D eigenvalue weighted by Crippen LogP contribution is -2.56. The number of rotatable bonds is 2. The SMILES string of the molecule is C[C@]12CC[C@H]3[C@@H](CCC4=CC(=O)CC[C@@]43O)[C@@H]1CC[C@@H]2OC(=O)c1ccccc1. The van der Waals surface area contributed by atoms with Crippen LogP contribution in [0.4, 0.5) is 0 Å². The van der Waals surface area contributed by atoms with E-state index in [1.54, 1.807) is 6.08 Å². The van der Waals surface area contributed by atoms with Crippen LogP contribution >= 0.6 is 0 Å². The van der Waals surface area contributed by atoms with Crippen LogP contribution in [-0.2, 0) is 9.53 Å². The third-order valence-electron chi connectivity index (χ3n) is 8.61. The number of hydrogen-bond donors (Lipinski definition) is 1. The van der Waals surface area contributed by atoms with Gasteiger partial charge in [0.2, 0.25) is 0 Å². The minimum Gasteiger partial charge on any atom is -0.458 e. The van der Waals surface area contributed by atoms with Gasteiger partial charge in [0, 0.05) is 11.8 Å². The van der Waals surface area contributed by atoms with Crippen molar-refractivity contribution in [2.24, 2.45) is 23.2 Å². The second kappa shape index (κ2) is 6.80. The predicted molar refractivity (Wildman–Crippen MR) is 109 cm³/mol. The molecule has 1 aromatic rings. The van der Waals surface area contributed by atoms with Crippen molar-refractivity contribution in [3.05, 3.63) is 47.5 Å². The van der Waals surface area contributed by atoms with Gasteiger partial charge in [-0.25, -0.2) is 4.79 Å². The van der Waals surface area contributed by atoms with Crippen LogP contribution in [0.15, 0.2) is 42.0 Å². The molecule has 0 heterocycles. The van der Waals surface area contributed by atoms with Crippen molar-refractivity contribution in [3.63, 3.8) is 0 Å². The molecular formula is C25H30O4. The van der Waals surface area contributed by atoms with Crippen LogP contribution in [0.2, 0.25) is 0 Å². The quantitative estimate of drug-likeness (QED) is 0.752. The highest BCUT2D eigenvalue weighted by Gasteiger charge is 2.60. The second-order valence-electron chi connectivity index (χ2n) is 9.86. The number of benzene rings is 1. The van der Waals surface area contributed by atoms with E-state index in [0.717, 1.165) is 44.1 Å². The minimum absolute atomic E-state index is 0.0202. The summed E-state index contributed by atoms with van der Waals surface area (Å²) in [6, 6.07) is 9.25. The highest BCUT2D eigenvalue weighted by atomic mass is 16.5. The van der Waals surface area contributed by atoms with Gasteiger partial charge in [-0.15, -0.1) is 0 Å². The van der Waals surface area contributed by atoms with Crippen molar-refractivity contribution in [3.8, 4) is 0 Å². The molecule has 0 aromatic heterocycles. The zero-order valence-corrected chi connectivity index (χ0v) is 17.1. The molecule has 0 radical (unpaired) electrons. The Labute approximate surface area is 172 Å². The molecule has 0 saturated heterocycles. The monoisotopic (exact) mass is 394 g/mol. The summed E-state index contributed by atoms with van der Waals surface area (Å²) < 4.78 is 6.04. The number of carbonyl (C=O) groups excluding carboxylic acids is 2. The number of aliphatic hydroxyl groups is 1. The number of ketones is 1. The third-order valence-corrected chi connectivity index (χ3v) is 8.61. The van der Waals surface area contributed by atoms with Gasteiger partial charge in [-0.2, -0.15) is 0 Å². The zero-order valence-electron chi connectivity index (χ0n) is 17.1. The summed E-state index contributed by atoms with van der Waals surface area (Å²) in [4.78, 5) is 24.5. The zero-order chi connectivity index (χ0) is 20.2. The molecule has 4 aliphatic carbocycles. The summed E-state index contributed by atoms with van der Waals surface area (Å²) in [6.45, 7) is 2.30. The first-order chi connectivity index (χ1) is 13.9. The van der Waals surface area contributed by atoms with Crippen molar-refractivity contribution >= 4 is 11.8 Å². The van der Waals surface area contributed by atoms with Crippen LogP contribution in [-0.4, -0.2) is 28.6 Å². The van der Waals surface area contributed by atoms with Gasteiger partial charge in [-0.05, 0) is 86.5 Å². The second-order valence-corrected chi connectivity index (χ2v) is 9.86. The maximum atomic E-state index is 12.7. The first-order valence-corrected chi connectivity index (χ1v) is 11.1. The van der Waals surface area contributed by atoms with E-state index < -0.39 is 5.60 Å². The van der Waals surface area contributed by atoms with E-state index in [4.69, 9.17) is 4.74 Å². The maximum absolute atomic E-state index is 12.7. The van der Waals surface area contributed by atoms with Crippen LogP contribution < -0.4 is 0 Å². The van der Waals surface area contributed by atoms with E-state index in [9.17, 15) is 14.7 Å². The molecule has 3 saturated carbocycles. The smallest absolute Gasteiger partial charge is 0.338 e. The van der Waals surface area contributed by atoms with Crippen LogP contribution in [0, 0.1) is 23.2 Å². The molecular weight excluding hydrogens is 364 g/mol. The van der Waals surface area contributed by atoms with E-state index in [1.807, 2.05) is 30.3 Å². The Bertz CT molecular complexity index is 859. The van der Waals surface area contributed by atoms with Crippen molar-refractivity contribution in [1.29, 1.82) is 0 Å². The van der Waals surface area contributed by atoms with Gasteiger partial charge in [-0.1, -0.05) is 25.1 Å². The maximum Gasteiger partial charge on any atom is 0.338 e. The van der Waals surface area contributed by atoms with Gasteiger partial charge in [0.1, 0.15) is 6.10 Å². The molecule has 29 heavy (non-hydrogen) atoms. The topological polar surface area (TPSA) is 63.6 Å². The molecule has 0 aliphatic heterocycles. The molecule has 3 fully saturated rings. The third kappa shape index (κ3) is 2.91. The largest absolute Gasteiger partial charge is 0.458 e. The van der Waals surface area contributed by atoms with Gasteiger partial charge in [0.05, 0.1) is 11.2 Å². The van der Waals surface area contributed by atoms with Gasteiger partial charge < -0.3 is 9.84 Å². The lowest BCUT2D eigenvalue weighted by molar-refractivity contribution is -0.130. The Morgan fingerprint density at radius 1 is 1.03 bits per heavy atom. The van der Waals surface area contributed by atoms with Crippen molar-refractivity contribution in [2.45, 2.75) is 70.0 Å². The Hall–Kier alpha value is -1.94. The molecule has 0 amide bonds. The molecule has 1 N–H and O–H groups in total. The summed E-state index contributed by atoms with van der Waals surface area (Å²) >= 11 is 0. The fourth-order valence-electron chi connectivity index (χ4n) is 7.10. The highest BCUT2D eigenvalue weighted by molar-refractivity contribution is 5.92. The molecule has 1 aromatic carbocycles. The average molecular weight is 395 g/mol. The van der Waals surface area contributed by atoms with Crippen molar-refractivity contribution in [2.75, 3.05) is 0 Å². The molecule has 5 rings (SSSR count). The van der Waals surface area contributed by atoms with Crippen LogP contribution in [0.3, 0.4) is 0 Å². The number of fused-ring (bicyclic) bond motifs is 5. The number of ether oxygens (including phenoxy) is 1. The van der Waals surface area contributed by atoms with Gasteiger partial charge in [0.25, 0.3) is 0 Å². The molecule has 154 valence electrons. The Morgan fingerprint density at radius 2 is 1.83 bits per heavy atom. The summed E-state index contributed by atoms with van der Waals surface area (Å²) in [7, 11) is 0. The molecule has 0 unspecified atom stereocenters. The normalized spacial score (nSPS) is 41.0. The van der Waals surface area contributed by atoms with Gasteiger partial charge in [0.15, 0.2) is 5.78 Å². The number of carbonyl (C=O) groups is 2. The molecule has 4 heteroatoms. The average Bonchev–Trinajstić information content (AvgIpc) is 3.05. The first-order valence-electron chi connectivity index (χ1n) is 11.1. The summed E-state index contributed by atoms with van der Waals surface area (Å²) in [5, 5.41) is 11.6.